The summed E-state index contributed by atoms with van der Waals surface area (Å²) in [5, 5.41) is 14.7. The summed E-state index contributed by atoms with van der Waals surface area (Å²) in [7, 11) is 0. The van der Waals surface area contributed by atoms with Gasteiger partial charge in [0.15, 0.2) is 0 Å². The highest BCUT2D eigenvalue weighted by Crippen LogP contribution is 2.30. The molecule has 1 atom stereocenters. The van der Waals surface area contributed by atoms with E-state index >= 15 is 0 Å². The third-order valence-electron chi connectivity index (χ3n) is 4.92. The third kappa shape index (κ3) is 5.99. The fourth-order valence-electron chi connectivity index (χ4n) is 3.31. The first-order valence-electron chi connectivity index (χ1n) is 9.37. The van der Waals surface area contributed by atoms with E-state index in [0.717, 1.165) is 36.6 Å². The van der Waals surface area contributed by atoms with Crippen molar-refractivity contribution in [3.63, 3.8) is 0 Å². The fraction of sp³-hybridized carbons (Fsp3) is 0.550. The van der Waals surface area contributed by atoms with Gasteiger partial charge in [-0.1, -0.05) is 75.2 Å². The fourth-order valence-corrected chi connectivity index (χ4v) is 4.07. The first-order chi connectivity index (χ1) is 12.8. The summed E-state index contributed by atoms with van der Waals surface area (Å²) in [6.07, 6.45) is 3.73. The molecule has 0 spiro atoms. The predicted molar refractivity (Wildman–Crippen MR) is 106 cm³/mol. The molecule has 0 bridgehead atoms. The van der Waals surface area contributed by atoms with Crippen molar-refractivity contribution in [3.05, 3.63) is 35.9 Å². The number of hydrogen-bond donors (Lipinski definition) is 3. The van der Waals surface area contributed by atoms with Crippen molar-refractivity contribution in [2.45, 2.75) is 63.3 Å². The highest BCUT2D eigenvalue weighted by Gasteiger charge is 2.42. The summed E-state index contributed by atoms with van der Waals surface area (Å²) in [6.45, 7) is 3.50. The van der Waals surface area contributed by atoms with Crippen molar-refractivity contribution < 1.29 is 19.5 Å². The zero-order chi connectivity index (χ0) is 19.9. The lowest BCUT2D eigenvalue weighted by Gasteiger charge is -2.37. The molecule has 1 saturated carbocycles. The lowest BCUT2D eigenvalue weighted by Crippen LogP contribution is -2.62. The van der Waals surface area contributed by atoms with Crippen molar-refractivity contribution in [1.82, 2.24) is 10.6 Å². The third-order valence-corrected chi connectivity index (χ3v) is 5.76. The van der Waals surface area contributed by atoms with Crippen molar-refractivity contribution in [1.29, 1.82) is 0 Å². The van der Waals surface area contributed by atoms with Crippen LogP contribution >= 0.6 is 11.8 Å². The zero-order valence-electron chi connectivity index (χ0n) is 15.9. The van der Waals surface area contributed by atoms with E-state index in [1.165, 1.54) is 0 Å². The van der Waals surface area contributed by atoms with E-state index < -0.39 is 23.5 Å². The van der Waals surface area contributed by atoms with Crippen molar-refractivity contribution >= 4 is 28.9 Å². The maximum atomic E-state index is 13.0. The normalized spacial score (nSPS) is 17.1. The summed E-state index contributed by atoms with van der Waals surface area (Å²) in [4.78, 5) is 36.9. The van der Waals surface area contributed by atoms with Gasteiger partial charge in [0.05, 0.1) is 0 Å². The second kappa shape index (κ2) is 9.78. The van der Waals surface area contributed by atoms with E-state index in [-0.39, 0.29) is 11.2 Å². The van der Waals surface area contributed by atoms with Gasteiger partial charge in [0.1, 0.15) is 11.6 Å². The Morgan fingerprint density at radius 3 is 2.30 bits per heavy atom. The summed E-state index contributed by atoms with van der Waals surface area (Å²) in [6, 6.07) is 8.69. The van der Waals surface area contributed by atoms with Gasteiger partial charge in [0, 0.05) is 5.75 Å². The van der Waals surface area contributed by atoms with Gasteiger partial charge in [-0.05, 0) is 24.3 Å². The molecular formula is C20H28N2O4S. The van der Waals surface area contributed by atoms with Crippen LogP contribution in [0, 0.1) is 5.92 Å². The predicted octanol–water partition coefficient (Wildman–Crippen LogP) is 3.56. The quantitative estimate of drug-likeness (QED) is 0.659. The minimum Gasteiger partial charge on any atom is -0.480 e. The molecule has 0 saturated heterocycles. The van der Waals surface area contributed by atoms with Gasteiger partial charge < -0.3 is 15.7 Å². The molecule has 0 aromatic heterocycles. The lowest BCUT2D eigenvalue weighted by atomic mass is 9.80. The number of carboxylic acid groups (broad SMARTS) is 1. The van der Waals surface area contributed by atoms with Crippen molar-refractivity contribution in [3.8, 4) is 0 Å². The van der Waals surface area contributed by atoms with E-state index in [9.17, 15) is 19.5 Å². The van der Waals surface area contributed by atoms with Crippen LogP contribution in [0.15, 0.2) is 30.3 Å². The van der Waals surface area contributed by atoms with E-state index in [0.29, 0.717) is 18.6 Å². The van der Waals surface area contributed by atoms with Crippen molar-refractivity contribution in [2.75, 3.05) is 0 Å². The molecule has 0 aliphatic heterocycles. The van der Waals surface area contributed by atoms with Crippen LogP contribution in [0.2, 0.25) is 0 Å². The van der Waals surface area contributed by atoms with E-state index in [2.05, 4.69) is 10.6 Å². The summed E-state index contributed by atoms with van der Waals surface area (Å²) in [5.74, 6) is -1.17. The Kier molecular flexibility index (Phi) is 7.71. The average Bonchev–Trinajstić information content (AvgIpc) is 2.65. The minimum absolute atomic E-state index is 0.241. The van der Waals surface area contributed by atoms with Crippen molar-refractivity contribution in [2.24, 2.45) is 5.92 Å². The van der Waals surface area contributed by atoms with Gasteiger partial charge >= 0.3 is 5.97 Å². The molecule has 7 heteroatoms. The van der Waals surface area contributed by atoms with Crippen LogP contribution in [0.25, 0.3) is 0 Å². The average molecular weight is 393 g/mol. The first-order valence-corrected chi connectivity index (χ1v) is 10.4. The number of nitrogens with one attached hydrogen (secondary N) is 2. The number of carboxylic acids is 1. The van der Waals surface area contributed by atoms with Gasteiger partial charge in [-0.15, -0.1) is 0 Å². The first kappa shape index (κ1) is 21.3. The molecule has 3 N–H and O–H groups in total. The van der Waals surface area contributed by atoms with Gasteiger partial charge in [0.2, 0.25) is 5.91 Å². The number of carbonyl (C=O) groups excluding carboxylic acids is 2. The Balaban J connectivity index is 2.05. The number of aliphatic carboxylic acids is 1. The smallest absolute Gasteiger partial charge is 0.326 e. The summed E-state index contributed by atoms with van der Waals surface area (Å²) >= 11 is 1.12. The molecule has 0 radical (unpaired) electrons. The van der Waals surface area contributed by atoms with Gasteiger partial charge in [-0.2, -0.15) is 0 Å². The van der Waals surface area contributed by atoms with Crippen LogP contribution in [-0.4, -0.2) is 33.8 Å². The highest BCUT2D eigenvalue weighted by atomic mass is 32.2. The Hall–Kier alpha value is -2.02. The molecule has 0 heterocycles. The topological polar surface area (TPSA) is 95.5 Å². The van der Waals surface area contributed by atoms with Gasteiger partial charge in [0.25, 0.3) is 5.24 Å². The molecule has 1 aliphatic carbocycles. The maximum Gasteiger partial charge on any atom is 0.326 e. The molecule has 1 aromatic rings. The SMILES string of the molecule is CC(C)[C@H](NC(=O)C1(NC(=O)SCc2ccccc2)CCCCC1)C(=O)O. The molecule has 2 rings (SSSR count). The van der Waals surface area contributed by atoms with Crippen LogP contribution in [0.5, 0.6) is 0 Å². The molecular weight excluding hydrogens is 364 g/mol. The number of amides is 2. The minimum atomic E-state index is -1.06. The van der Waals surface area contributed by atoms with Gasteiger partial charge in [-0.25, -0.2) is 4.79 Å². The summed E-state index contributed by atoms with van der Waals surface area (Å²) in [5.41, 5.74) is 0.00673. The monoisotopic (exact) mass is 392 g/mol. The maximum absolute atomic E-state index is 13.0. The van der Waals surface area contributed by atoms with Crippen LogP contribution in [0.4, 0.5) is 4.79 Å². The molecule has 1 aromatic carbocycles. The van der Waals surface area contributed by atoms with E-state index in [4.69, 9.17) is 0 Å². The molecule has 1 aliphatic rings. The standard InChI is InChI=1S/C20H28N2O4S/c1-14(2)16(17(23)24)21-18(25)20(11-7-4-8-12-20)22-19(26)27-13-15-9-5-3-6-10-15/h3,5-6,9-10,14,16H,4,7-8,11-13H2,1-2H3,(H,21,25)(H,22,26)(H,23,24)/t16-/m0/s1. The van der Waals surface area contributed by atoms with E-state index in [1.807, 2.05) is 30.3 Å². The van der Waals surface area contributed by atoms with E-state index in [1.54, 1.807) is 13.8 Å². The molecule has 0 unspecified atom stereocenters. The number of thioether (sulfide) groups is 1. The Morgan fingerprint density at radius 2 is 1.74 bits per heavy atom. The Labute approximate surface area is 164 Å². The number of hydrogen-bond acceptors (Lipinski definition) is 4. The Bertz CT molecular complexity index is 657. The zero-order valence-corrected chi connectivity index (χ0v) is 16.7. The lowest BCUT2D eigenvalue weighted by molar-refractivity contribution is -0.144. The van der Waals surface area contributed by atoms with Crippen LogP contribution < -0.4 is 10.6 Å². The molecule has 2 amide bonds. The largest absolute Gasteiger partial charge is 0.480 e. The van der Waals surface area contributed by atoms with Crippen LogP contribution in [0.1, 0.15) is 51.5 Å². The second-order valence-corrected chi connectivity index (χ2v) is 8.31. The second-order valence-electron chi connectivity index (χ2n) is 7.36. The molecule has 6 nitrogen and oxygen atoms in total. The van der Waals surface area contributed by atoms with Gasteiger partial charge in [-0.3, -0.25) is 9.59 Å². The number of rotatable bonds is 7. The van der Waals surface area contributed by atoms with Crippen LogP contribution in [-0.2, 0) is 15.3 Å². The number of benzene rings is 1. The molecule has 1 fully saturated rings. The molecule has 148 valence electrons. The van der Waals surface area contributed by atoms with Crippen LogP contribution in [0.3, 0.4) is 0 Å². The summed E-state index contributed by atoms with van der Waals surface area (Å²) < 4.78 is 0. The molecule has 27 heavy (non-hydrogen) atoms. The Morgan fingerprint density at radius 1 is 1.11 bits per heavy atom. The highest BCUT2D eigenvalue weighted by molar-refractivity contribution is 8.12. The number of carbonyl (C=O) groups is 3.